The lowest BCUT2D eigenvalue weighted by atomic mass is 9.87. The largest absolute Gasteiger partial charge is 0.451 e. The van der Waals surface area contributed by atoms with Gasteiger partial charge in [-0.25, -0.2) is 15.8 Å². The summed E-state index contributed by atoms with van der Waals surface area (Å²) >= 11 is 0. The van der Waals surface area contributed by atoms with Gasteiger partial charge in [0, 0.05) is 12.6 Å². The van der Waals surface area contributed by atoms with Crippen molar-refractivity contribution in [2.24, 2.45) is 11.8 Å². The molecule has 5 N–H and O–H groups in total. The number of aliphatic hydroxyl groups excluding tert-OH is 1. The summed E-state index contributed by atoms with van der Waals surface area (Å²) in [5.74, 6) is 4.04. The maximum atomic E-state index is 12.7. The summed E-state index contributed by atoms with van der Waals surface area (Å²) in [6.07, 6.45) is -1.69. The van der Waals surface area contributed by atoms with Crippen molar-refractivity contribution in [2.45, 2.75) is 38.0 Å². The minimum atomic E-state index is -4.63. The minimum Gasteiger partial charge on any atom is -0.393 e. The zero-order valence-corrected chi connectivity index (χ0v) is 11.3. The Hall–Kier alpha value is -1.61. The normalized spacial score (nSPS) is 22.9. The fourth-order valence-electron chi connectivity index (χ4n) is 2.44. The second-order valence-corrected chi connectivity index (χ2v) is 5.17. The summed E-state index contributed by atoms with van der Waals surface area (Å²) in [6, 6.07) is 1.31. The second-order valence-electron chi connectivity index (χ2n) is 5.17. The van der Waals surface area contributed by atoms with E-state index in [0.717, 1.165) is 19.3 Å². The molecular weight excluding hydrogens is 287 g/mol. The highest BCUT2D eigenvalue weighted by Gasteiger charge is 2.35. The first-order valence-corrected chi connectivity index (χ1v) is 6.73. The number of nitrogen functional groups attached to an aromatic ring is 1. The van der Waals surface area contributed by atoms with Crippen LogP contribution in [0.5, 0.6) is 0 Å². The van der Waals surface area contributed by atoms with Crippen LogP contribution in [0.4, 0.5) is 24.8 Å². The summed E-state index contributed by atoms with van der Waals surface area (Å²) in [4.78, 5) is 6.73. The van der Waals surface area contributed by atoms with Crippen LogP contribution in [0, 0.1) is 5.92 Å². The Morgan fingerprint density at radius 3 is 2.62 bits per heavy atom. The number of anilines is 2. The molecular formula is C12H18F3N5O. The Labute approximate surface area is 119 Å². The number of aromatic nitrogens is 2. The predicted molar refractivity (Wildman–Crippen MR) is 71.3 cm³/mol. The fourth-order valence-corrected chi connectivity index (χ4v) is 2.44. The van der Waals surface area contributed by atoms with E-state index < -0.39 is 12.0 Å². The number of rotatable bonds is 4. The van der Waals surface area contributed by atoms with Crippen LogP contribution < -0.4 is 16.6 Å². The van der Waals surface area contributed by atoms with Crippen LogP contribution in [0.2, 0.25) is 0 Å². The second kappa shape index (κ2) is 6.44. The number of nitrogens with one attached hydrogen (secondary N) is 2. The number of nitrogens with two attached hydrogens (primary N) is 1. The van der Waals surface area contributed by atoms with Gasteiger partial charge in [-0.3, -0.25) is 0 Å². The van der Waals surface area contributed by atoms with E-state index in [1.165, 1.54) is 6.07 Å². The van der Waals surface area contributed by atoms with Crippen LogP contribution in [-0.2, 0) is 6.18 Å². The van der Waals surface area contributed by atoms with Crippen molar-refractivity contribution in [1.29, 1.82) is 0 Å². The Bertz CT molecular complexity index is 482. The molecule has 6 nitrogen and oxygen atoms in total. The molecule has 0 radical (unpaired) electrons. The molecule has 0 amide bonds. The molecule has 118 valence electrons. The molecule has 0 saturated heterocycles. The van der Waals surface area contributed by atoms with E-state index in [4.69, 9.17) is 5.84 Å². The summed E-state index contributed by atoms with van der Waals surface area (Å²) in [5, 5.41) is 12.4. The zero-order chi connectivity index (χ0) is 15.5. The van der Waals surface area contributed by atoms with Gasteiger partial charge in [-0.05, 0) is 25.2 Å². The molecule has 1 aliphatic carbocycles. The van der Waals surface area contributed by atoms with E-state index in [9.17, 15) is 18.3 Å². The number of hydrazine groups is 1. The van der Waals surface area contributed by atoms with Crippen molar-refractivity contribution in [3.05, 3.63) is 11.9 Å². The van der Waals surface area contributed by atoms with E-state index in [0.29, 0.717) is 13.0 Å². The molecule has 2 atom stereocenters. The number of hydrogen-bond acceptors (Lipinski definition) is 6. The lowest BCUT2D eigenvalue weighted by Crippen LogP contribution is -2.25. The molecule has 1 aliphatic rings. The Balaban J connectivity index is 2.05. The maximum absolute atomic E-state index is 12.7. The molecule has 1 fully saturated rings. The first-order chi connectivity index (χ1) is 9.88. The molecule has 0 aromatic carbocycles. The Morgan fingerprint density at radius 2 is 2.00 bits per heavy atom. The first kappa shape index (κ1) is 15.8. The highest BCUT2D eigenvalue weighted by molar-refractivity contribution is 5.47. The Kier molecular flexibility index (Phi) is 4.84. The highest BCUT2D eigenvalue weighted by Crippen LogP contribution is 2.29. The van der Waals surface area contributed by atoms with Gasteiger partial charge < -0.3 is 15.8 Å². The summed E-state index contributed by atoms with van der Waals surface area (Å²) in [7, 11) is 0. The molecule has 0 aliphatic heterocycles. The monoisotopic (exact) mass is 305 g/mol. The lowest BCUT2D eigenvalue weighted by molar-refractivity contribution is -0.144. The van der Waals surface area contributed by atoms with Crippen molar-refractivity contribution >= 4 is 11.6 Å². The van der Waals surface area contributed by atoms with E-state index in [2.05, 4.69) is 20.7 Å². The van der Waals surface area contributed by atoms with Crippen LogP contribution >= 0.6 is 0 Å². The minimum absolute atomic E-state index is 0.0605. The van der Waals surface area contributed by atoms with Crippen LogP contribution in [0.3, 0.4) is 0 Å². The van der Waals surface area contributed by atoms with Crippen molar-refractivity contribution in [2.75, 3.05) is 17.3 Å². The average molecular weight is 305 g/mol. The van der Waals surface area contributed by atoms with Crippen LogP contribution in [0.1, 0.15) is 31.5 Å². The van der Waals surface area contributed by atoms with Crippen molar-refractivity contribution < 1.29 is 18.3 Å². The van der Waals surface area contributed by atoms with Gasteiger partial charge in [-0.15, -0.1) is 0 Å². The topological polar surface area (TPSA) is 96.1 Å². The first-order valence-electron chi connectivity index (χ1n) is 6.73. The average Bonchev–Trinajstić information content (AvgIpc) is 2.44. The van der Waals surface area contributed by atoms with Gasteiger partial charge in [0.1, 0.15) is 11.6 Å². The van der Waals surface area contributed by atoms with Gasteiger partial charge in [0.15, 0.2) is 0 Å². The number of aliphatic hydroxyl groups is 1. The van der Waals surface area contributed by atoms with Crippen LogP contribution in [-0.4, -0.2) is 27.7 Å². The van der Waals surface area contributed by atoms with Gasteiger partial charge in [0.2, 0.25) is 5.82 Å². The molecule has 1 aromatic heterocycles. The summed E-state index contributed by atoms with van der Waals surface area (Å²) in [6.45, 7) is 0.454. The summed E-state index contributed by atoms with van der Waals surface area (Å²) in [5.41, 5.74) is 2.09. The van der Waals surface area contributed by atoms with Gasteiger partial charge in [-0.2, -0.15) is 13.2 Å². The Morgan fingerprint density at radius 1 is 1.29 bits per heavy atom. The van der Waals surface area contributed by atoms with Crippen molar-refractivity contribution in [1.82, 2.24) is 9.97 Å². The number of alkyl halides is 3. The lowest BCUT2D eigenvalue weighted by Gasteiger charge is -2.26. The molecule has 2 unspecified atom stereocenters. The number of hydrogen-bond donors (Lipinski definition) is 4. The highest BCUT2D eigenvalue weighted by atomic mass is 19.4. The zero-order valence-electron chi connectivity index (χ0n) is 11.3. The SMILES string of the molecule is NNc1cc(NCC2CCCC(O)C2)nc(C(F)(F)F)n1. The van der Waals surface area contributed by atoms with E-state index >= 15 is 0 Å². The predicted octanol–water partition coefficient (Wildman–Crippen LogP) is 1.74. The van der Waals surface area contributed by atoms with Crippen molar-refractivity contribution in [3.8, 4) is 0 Å². The quantitative estimate of drug-likeness (QED) is 0.500. The molecule has 0 bridgehead atoms. The van der Waals surface area contributed by atoms with Gasteiger partial charge in [0.05, 0.1) is 6.10 Å². The van der Waals surface area contributed by atoms with Gasteiger partial charge in [0.25, 0.3) is 0 Å². The van der Waals surface area contributed by atoms with E-state index in [-0.39, 0.29) is 23.7 Å². The number of nitrogens with zero attached hydrogens (tertiary/aromatic N) is 2. The molecule has 1 heterocycles. The van der Waals surface area contributed by atoms with Crippen molar-refractivity contribution in [3.63, 3.8) is 0 Å². The third-order valence-corrected chi connectivity index (χ3v) is 3.45. The fraction of sp³-hybridized carbons (Fsp3) is 0.667. The van der Waals surface area contributed by atoms with Gasteiger partial charge >= 0.3 is 6.18 Å². The van der Waals surface area contributed by atoms with E-state index in [1.54, 1.807) is 0 Å². The molecule has 0 spiro atoms. The van der Waals surface area contributed by atoms with Crippen LogP contribution in [0.15, 0.2) is 6.07 Å². The van der Waals surface area contributed by atoms with E-state index in [1.807, 2.05) is 0 Å². The smallest absolute Gasteiger partial charge is 0.393 e. The maximum Gasteiger partial charge on any atom is 0.451 e. The van der Waals surface area contributed by atoms with Crippen LogP contribution in [0.25, 0.3) is 0 Å². The molecule has 1 saturated carbocycles. The third kappa shape index (κ3) is 4.43. The molecule has 9 heteroatoms. The molecule has 21 heavy (non-hydrogen) atoms. The van der Waals surface area contributed by atoms with Gasteiger partial charge in [-0.1, -0.05) is 6.42 Å². The molecule has 2 rings (SSSR count). The molecule has 1 aromatic rings. The number of halogens is 3. The third-order valence-electron chi connectivity index (χ3n) is 3.45. The summed E-state index contributed by atoms with van der Waals surface area (Å²) < 4.78 is 38.0. The standard InChI is InChI=1S/C12H18F3N5O/c13-12(14,15)11-18-9(5-10(19-11)20-16)17-6-7-2-1-3-8(21)4-7/h5,7-8,21H,1-4,6,16H2,(H2,17,18,19,20).